The molecule has 1 aliphatic rings. The SMILES string of the molecule is CCCCCCC(CCCCC)C1NC(N(CCCCC)CCCCC)C(C(CCCCC)CCCCCC)S1. The van der Waals surface area contributed by atoms with Crippen molar-refractivity contribution in [2.45, 2.75) is 212 Å². The first kappa shape index (κ1) is 38.3. The van der Waals surface area contributed by atoms with Crippen molar-refractivity contribution in [3.63, 3.8) is 0 Å². The highest BCUT2D eigenvalue weighted by Crippen LogP contribution is 2.43. The number of hydrogen-bond acceptors (Lipinski definition) is 3. The van der Waals surface area contributed by atoms with Crippen LogP contribution in [0.5, 0.6) is 0 Å². The Morgan fingerprint density at radius 1 is 0.475 bits per heavy atom. The van der Waals surface area contributed by atoms with Crippen molar-refractivity contribution in [1.29, 1.82) is 0 Å². The zero-order valence-electron chi connectivity index (χ0n) is 28.6. The van der Waals surface area contributed by atoms with Crippen LogP contribution in [0.3, 0.4) is 0 Å². The molecule has 1 saturated heterocycles. The normalized spacial score (nSPS) is 20.9. The van der Waals surface area contributed by atoms with Gasteiger partial charge in [-0.05, 0) is 63.5 Å². The molecule has 0 saturated carbocycles. The van der Waals surface area contributed by atoms with Gasteiger partial charge in [0.25, 0.3) is 0 Å². The first-order valence-corrected chi connectivity index (χ1v) is 19.8. The van der Waals surface area contributed by atoms with Crippen LogP contribution in [0.1, 0.15) is 196 Å². The second-order valence-electron chi connectivity index (χ2n) is 13.3. The summed E-state index contributed by atoms with van der Waals surface area (Å²) in [7, 11) is 0. The van der Waals surface area contributed by atoms with E-state index in [1.165, 1.54) is 167 Å². The van der Waals surface area contributed by atoms with Gasteiger partial charge in [-0.1, -0.05) is 157 Å². The van der Waals surface area contributed by atoms with E-state index in [1.807, 2.05) is 0 Å². The molecule has 0 aromatic rings. The summed E-state index contributed by atoms with van der Waals surface area (Å²) in [5.74, 6) is 1.73. The second-order valence-corrected chi connectivity index (χ2v) is 14.6. The smallest absolute Gasteiger partial charge is 0.0731 e. The van der Waals surface area contributed by atoms with Crippen molar-refractivity contribution in [1.82, 2.24) is 10.2 Å². The van der Waals surface area contributed by atoms with Crippen LogP contribution in [-0.2, 0) is 0 Å². The summed E-state index contributed by atoms with van der Waals surface area (Å²) in [5.41, 5.74) is 0. The maximum Gasteiger partial charge on any atom is 0.0731 e. The summed E-state index contributed by atoms with van der Waals surface area (Å²) >= 11 is 2.43. The topological polar surface area (TPSA) is 15.3 Å². The molecule has 0 amide bonds. The van der Waals surface area contributed by atoms with Gasteiger partial charge in [-0.2, -0.15) is 0 Å². The summed E-state index contributed by atoms with van der Waals surface area (Å²) in [6.45, 7) is 16.8. The van der Waals surface area contributed by atoms with E-state index in [-0.39, 0.29) is 0 Å². The largest absolute Gasteiger partial charge is 0.289 e. The Hall–Kier alpha value is 0.270. The lowest BCUT2D eigenvalue weighted by Gasteiger charge is -2.36. The highest BCUT2D eigenvalue weighted by molar-refractivity contribution is 8.00. The Morgan fingerprint density at radius 2 is 0.850 bits per heavy atom. The molecule has 0 aromatic carbocycles. The predicted molar refractivity (Wildman–Crippen MR) is 185 cm³/mol. The van der Waals surface area contributed by atoms with Crippen LogP contribution in [0.15, 0.2) is 0 Å². The van der Waals surface area contributed by atoms with Gasteiger partial charge in [0, 0.05) is 5.25 Å². The molecule has 40 heavy (non-hydrogen) atoms. The summed E-state index contributed by atoms with van der Waals surface area (Å²) in [5, 5.41) is 5.86. The fourth-order valence-electron chi connectivity index (χ4n) is 6.89. The zero-order chi connectivity index (χ0) is 29.3. The van der Waals surface area contributed by atoms with Crippen molar-refractivity contribution < 1.29 is 0 Å². The van der Waals surface area contributed by atoms with Gasteiger partial charge in [-0.3, -0.25) is 10.2 Å². The average Bonchev–Trinajstić information content (AvgIpc) is 3.40. The van der Waals surface area contributed by atoms with E-state index in [9.17, 15) is 0 Å². The van der Waals surface area contributed by atoms with Crippen LogP contribution >= 0.6 is 11.8 Å². The average molecular weight is 581 g/mol. The van der Waals surface area contributed by atoms with E-state index in [0.29, 0.717) is 11.5 Å². The lowest BCUT2D eigenvalue weighted by atomic mass is 9.89. The molecular formula is C37H76N2S. The number of nitrogens with one attached hydrogen (secondary N) is 1. The van der Waals surface area contributed by atoms with Crippen LogP contribution < -0.4 is 5.32 Å². The van der Waals surface area contributed by atoms with E-state index in [4.69, 9.17) is 0 Å². The number of unbranched alkanes of at least 4 members (excludes halogenated alkanes) is 14. The molecule has 1 N–H and O–H groups in total. The van der Waals surface area contributed by atoms with Crippen LogP contribution in [-0.4, -0.2) is 34.8 Å². The van der Waals surface area contributed by atoms with Gasteiger partial charge in [0.2, 0.25) is 0 Å². The Balaban J connectivity index is 3.19. The van der Waals surface area contributed by atoms with Crippen molar-refractivity contribution in [2.75, 3.05) is 13.1 Å². The third kappa shape index (κ3) is 16.8. The molecule has 1 fully saturated rings. The lowest BCUT2D eigenvalue weighted by Crippen LogP contribution is -2.52. The molecule has 240 valence electrons. The van der Waals surface area contributed by atoms with E-state index >= 15 is 0 Å². The van der Waals surface area contributed by atoms with Gasteiger partial charge in [0.05, 0.1) is 11.5 Å². The van der Waals surface area contributed by atoms with Crippen molar-refractivity contribution in [3.05, 3.63) is 0 Å². The van der Waals surface area contributed by atoms with Crippen LogP contribution in [0.2, 0.25) is 0 Å². The third-order valence-corrected chi connectivity index (χ3v) is 11.3. The minimum absolute atomic E-state index is 0.589. The fraction of sp³-hybridized carbons (Fsp3) is 1.00. The number of hydrogen-bond donors (Lipinski definition) is 1. The summed E-state index contributed by atoms with van der Waals surface area (Å²) in [6.07, 6.45) is 34.2. The van der Waals surface area contributed by atoms with E-state index in [0.717, 1.165) is 17.1 Å². The van der Waals surface area contributed by atoms with Crippen molar-refractivity contribution in [2.24, 2.45) is 11.8 Å². The first-order chi connectivity index (χ1) is 19.7. The molecule has 1 heterocycles. The van der Waals surface area contributed by atoms with E-state index < -0.39 is 0 Å². The van der Waals surface area contributed by atoms with Gasteiger partial charge in [-0.25, -0.2) is 0 Å². The van der Waals surface area contributed by atoms with Crippen LogP contribution in [0.4, 0.5) is 0 Å². The maximum atomic E-state index is 4.42. The second kappa shape index (κ2) is 26.9. The number of thioether (sulfide) groups is 1. The Kier molecular flexibility index (Phi) is 25.7. The zero-order valence-corrected chi connectivity index (χ0v) is 29.4. The van der Waals surface area contributed by atoms with E-state index in [2.05, 4.69) is 63.5 Å². The fourth-order valence-corrected chi connectivity index (χ4v) is 8.84. The Morgan fingerprint density at radius 3 is 1.30 bits per heavy atom. The van der Waals surface area contributed by atoms with Crippen molar-refractivity contribution in [3.8, 4) is 0 Å². The van der Waals surface area contributed by atoms with Gasteiger partial charge in [-0.15, -0.1) is 11.8 Å². The standard InChI is InChI=1S/C37H76N2S/c1-7-13-19-23-28-33(27-21-15-9-3)35-36(39(31-25-17-11-5)32-26-18-12-6)38-37(40-35)34(29-22-16-10-4)30-24-20-14-8-2/h33-38H,7-32H2,1-6H3. The first-order valence-electron chi connectivity index (χ1n) is 18.8. The molecule has 0 aromatic heterocycles. The summed E-state index contributed by atoms with van der Waals surface area (Å²) < 4.78 is 0. The van der Waals surface area contributed by atoms with Gasteiger partial charge in [0.1, 0.15) is 0 Å². The quantitative estimate of drug-likeness (QED) is 0.0886. The molecule has 1 aliphatic heterocycles. The molecular weight excluding hydrogens is 504 g/mol. The molecule has 5 unspecified atom stereocenters. The van der Waals surface area contributed by atoms with Crippen LogP contribution in [0, 0.1) is 11.8 Å². The van der Waals surface area contributed by atoms with Crippen molar-refractivity contribution >= 4 is 11.8 Å². The van der Waals surface area contributed by atoms with Gasteiger partial charge < -0.3 is 0 Å². The lowest BCUT2D eigenvalue weighted by molar-refractivity contribution is 0.134. The maximum absolute atomic E-state index is 4.42. The Bertz CT molecular complexity index is 516. The molecule has 1 rings (SSSR count). The highest BCUT2D eigenvalue weighted by Gasteiger charge is 2.43. The molecule has 0 bridgehead atoms. The molecule has 3 heteroatoms. The summed E-state index contributed by atoms with van der Waals surface area (Å²) in [6, 6.07) is 0. The van der Waals surface area contributed by atoms with Gasteiger partial charge >= 0.3 is 0 Å². The minimum atomic E-state index is 0.589. The van der Waals surface area contributed by atoms with Crippen LogP contribution in [0.25, 0.3) is 0 Å². The minimum Gasteiger partial charge on any atom is -0.289 e. The third-order valence-electron chi connectivity index (χ3n) is 9.55. The molecule has 0 radical (unpaired) electrons. The Labute approximate surface area is 258 Å². The molecule has 2 nitrogen and oxygen atoms in total. The monoisotopic (exact) mass is 581 g/mol. The molecule has 5 atom stereocenters. The number of nitrogens with zero attached hydrogens (tertiary/aromatic N) is 1. The summed E-state index contributed by atoms with van der Waals surface area (Å²) in [4.78, 5) is 2.96. The van der Waals surface area contributed by atoms with Gasteiger partial charge in [0.15, 0.2) is 0 Å². The molecule has 0 spiro atoms. The number of rotatable bonds is 29. The molecule has 0 aliphatic carbocycles. The van der Waals surface area contributed by atoms with E-state index in [1.54, 1.807) is 0 Å². The predicted octanol–water partition coefficient (Wildman–Crippen LogP) is 12.4. The highest BCUT2D eigenvalue weighted by atomic mass is 32.2.